The summed E-state index contributed by atoms with van der Waals surface area (Å²) >= 11 is 0. The first-order valence-corrected chi connectivity index (χ1v) is 14.1. The molecule has 19 heteroatoms. The Morgan fingerprint density at radius 1 is 0.349 bits per heavy atom. The van der Waals surface area contributed by atoms with Crippen LogP contribution in [0.2, 0.25) is 0 Å². The van der Waals surface area contributed by atoms with Crippen LogP contribution in [0.5, 0.6) is 0 Å². The second-order valence-corrected chi connectivity index (χ2v) is 10.3. The van der Waals surface area contributed by atoms with Crippen molar-refractivity contribution in [3.63, 3.8) is 0 Å². The van der Waals surface area contributed by atoms with E-state index in [0.29, 0.717) is 19.6 Å². The normalized spacial score (nSPS) is 20.9. The molecular formula is C24H54N4O15. The van der Waals surface area contributed by atoms with E-state index in [-0.39, 0.29) is 39.3 Å². The first-order chi connectivity index (χ1) is 20.2. The minimum absolute atomic E-state index is 0.168. The fourth-order valence-corrected chi connectivity index (χ4v) is 3.85. The van der Waals surface area contributed by atoms with Crippen LogP contribution in [0.25, 0.3) is 0 Å². The van der Waals surface area contributed by atoms with Crippen LogP contribution in [-0.2, 0) is 0 Å². The number of nitrogens with zero attached hydrogens (tertiary/aromatic N) is 1. The van der Waals surface area contributed by atoms with E-state index >= 15 is 0 Å². The summed E-state index contributed by atoms with van der Waals surface area (Å²) in [5.41, 5.74) is 0. The lowest BCUT2D eigenvalue weighted by atomic mass is 10.0. The molecule has 0 radical (unpaired) electrons. The maximum absolute atomic E-state index is 10.0. The molecule has 0 saturated heterocycles. The van der Waals surface area contributed by atoms with Crippen LogP contribution < -0.4 is 16.0 Å². The van der Waals surface area contributed by atoms with Gasteiger partial charge in [0.2, 0.25) is 0 Å². The molecule has 0 aromatic carbocycles. The van der Waals surface area contributed by atoms with E-state index in [1.807, 2.05) is 4.90 Å². The molecule has 18 N–H and O–H groups in total. The van der Waals surface area contributed by atoms with Gasteiger partial charge in [-0.1, -0.05) is 0 Å². The third-order valence-corrected chi connectivity index (χ3v) is 6.85. The Morgan fingerprint density at radius 3 is 0.767 bits per heavy atom. The lowest BCUT2D eigenvalue weighted by molar-refractivity contribution is -0.114. The van der Waals surface area contributed by atoms with Crippen LogP contribution in [0.1, 0.15) is 0 Å². The maximum Gasteiger partial charge on any atom is 0.111 e. The monoisotopic (exact) mass is 638 g/mol. The summed E-state index contributed by atoms with van der Waals surface area (Å²) in [5, 5.41) is 152. The molecule has 0 fully saturated rings. The number of nitrogens with one attached hydrogen (secondary N) is 3. The largest absolute Gasteiger partial charge is 0.394 e. The average Bonchev–Trinajstić information content (AvgIpc) is 3.02. The smallest absolute Gasteiger partial charge is 0.111 e. The molecule has 0 rings (SSSR count). The Bertz CT molecular complexity index is 593. The summed E-state index contributed by atoms with van der Waals surface area (Å²) in [4.78, 5) is 1.88. The van der Waals surface area contributed by atoms with Crippen molar-refractivity contribution in [3.8, 4) is 0 Å². The molecule has 0 aromatic heterocycles. The van der Waals surface area contributed by atoms with Crippen molar-refractivity contribution >= 4 is 0 Å². The molecule has 19 nitrogen and oxygen atoms in total. The van der Waals surface area contributed by atoms with Gasteiger partial charge in [-0.05, 0) is 0 Å². The summed E-state index contributed by atoms with van der Waals surface area (Å²) < 4.78 is 0. The summed E-state index contributed by atoms with van der Waals surface area (Å²) in [6.45, 7) is -1.07. The van der Waals surface area contributed by atoms with Crippen LogP contribution in [-0.4, -0.2) is 233 Å². The number of hydrogen-bond acceptors (Lipinski definition) is 19. The molecule has 0 spiro atoms. The number of aliphatic hydroxyl groups is 15. The Kier molecular flexibility index (Phi) is 23.1. The zero-order valence-electron chi connectivity index (χ0n) is 24.1. The van der Waals surface area contributed by atoms with E-state index in [1.165, 1.54) is 0 Å². The molecule has 0 saturated carbocycles. The fourth-order valence-electron chi connectivity index (χ4n) is 3.85. The molecule has 0 bridgehead atoms. The summed E-state index contributed by atoms with van der Waals surface area (Å²) in [6, 6.07) is 0. The van der Waals surface area contributed by atoms with Gasteiger partial charge in [-0.15, -0.1) is 0 Å². The van der Waals surface area contributed by atoms with Crippen molar-refractivity contribution in [2.75, 3.05) is 78.7 Å². The maximum atomic E-state index is 10.0. The molecule has 43 heavy (non-hydrogen) atoms. The van der Waals surface area contributed by atoms with Gasteiger partial charge < -0.3 is 92.5 Å². The Morgan fingerprint density at radius 2 is 0.558 bits per heavy atom. The van der Waals surface area contributed by atoms with Crippen LogP contribution in [0, 0.1) is 0 Å². The van der Waals surface area contributed by atoms with Crippen LogP contribution in [0.15, 0.2) is 0 Å². The molecule has 0 aliphatic heterocycles. The molecule has 0 aliphatic rings. The van der Waals surface area contributed by atoms with Crippen molar-refractivity contribution in [2.45, 2.75) is 73.2 Å². The summed E-state index contributed by atoms with van der Waals surface area (Å²) in [5.74, 6) is 0. The number of rotatable bonds is 27. The summed E-state index contributed by atoms with van der Waals surface area (Å²) in [6.07, 6.45) is -19.8. The molecule has 12 atom stereocenters. The minimum Gasteiger partial charge on any atom is -0.394 e. The lowest BCUT2D eigenvalue weighted by Crippen LogP contribution is -2.51. The van der Waals surface area contributed by atoms with Gasteiger partial charge >= 0.3 is 0 Å². The third-order valence-electron chi connectivity index (χ3n) is 6.85. The molecule has 0 aromatic rings. The SMILES string of the molecule is OC[C@@H](O)[C@@H](O)[C@H](O)[C@@H](O)CNCCN(CCNC[C@H](O)[C@@H](O)[C@H](O)[C@H](O)CO)CCNC[C@H](O)[C@@H](O)[C@H](O)[C@H](O)CO. The second-order valence-electron chi connectivity index (χ2n) is 10.3. The minimum atomic E-state index is -1.76. The number of hydrogen-bond donors (Lipinski definition) is 18. The highest BCUT2D eigenvalue weighted by Crippen LogP contribution is 2.06. The zero-order chi connectivity index (χ0) is 33.1. The third kappa shape index (κ3) is 16.4. The van der Waals surface area contributed by atoms with Crippen LogP contribution >= 0.6 is 0 Å². The van der Waals surface area contributed by atoms with Crippen LogP contribution in [0.3, 0.4) is 0 Å². The topological polar surface area (TPSA) is 343 Å². The Labute approximate surface area is 249 Å². The first-order valence-electron chi connectivity index (χ1n) is 14.1. The lowest BCUT2D eigenvalue weighted by Gasteiger charge is -2.28. The van der Waals surface area contributed by atoms with Gasteiger partial charge in [-0.25, -0.2) is 0 Å². The summed E-state index contributed by atoms with van der Waals surface area (Å²) in [7, 11) is 0. The van der Waals surface area contributed by atoms with E-state index in [1.54, 1.807) is 0 Å². The molecular weight excluding hydrogens is 584 g/mol. The first kappa shape index (κ1) is 42.2. The van der Waals surface area contributed by atoms with Crippen molar-refractivity contribution in [3.05, 3.63) is 0 Å². The standard InChI is InChI=1S/C24H54N4O15/c29-10-16(35)22(41)19(38)13(32)7-25-1-4-28(5-2-26-8-14(33)20(39)23(42)17(36)11-30)6-3-27-9-15(34)21(40)24(43)18(37)12-31/h13-27,29-43H,1-12H2/t13-,14-,15-,16+,17+,18+,19+,20+,21+,22+,23+,24+/m0/s1. The van der Waals surface area contributed by atoms with Crippen molar-refractivity contribution in [2.24, 2.45) is 0 Å². The Balaban J connectivity index is 4.84. The van der Waals surface area contributed by atoms with E-state index < -0.39 is 93.1 Å². The molecule has 260 valence electrons. The van der Waals surface area contributed by atoms with Gasteiger partial charge in [0.1, 0.15) is 54.9 Å². The highest BCUT2D eigenvalue weighted by molar-refractivity contribution is 4.84. The average molecular weight is 639 g/mol. The van der Waals surface area contributed by atoms with Gasteiger partial charge in [0.25, 0.3) is 0 Å². The molecule has 0 amide bonds. The van der Waals surface area contributed by atoms with E-state index in [4.69, 9.17) is 15.3 Å². The highest BCUT2D eigenvalue weighted by Gasteiger charge is 2.31. The van der Waals surface area contributed by atoms with Crippen molar-refractivity contribution < 1.29 is 76.6 Å². The van der Waals surface area contributed by atoms with Crippen molar-refractivity contribution in [1.82, 2.24) is 20.9 Å². The predicted octanol–water partition coefficient (Wildman–Crippen LogP) is -10.6. The fraction of sp³-hybridized carbons (Fsp3) is 1.00. The quantitative estimate of drug-likeness (QED) is 0.0371. The van der Waals surface area contributed by atoms with Gasteiger partial charge in [0.05, 0.1) is 38.1 Å². The van der Waals surface area contributed by atoms with E-state index in [2.05, 4.69) is 16.0 Å². The predicted molar refractivity (Wildman–Crippen MR) is 148 cm³/mol. The Hall–Kier alpha value is -0.760. The number of aliphatic hydroxyl groups excluding tert-OH is 15. The molecule has 0 heterocycles. The van der Waals surface area contributed by atoms with Crippen molar-refractivity contribution in [1.29, 1.82) is 0 Å². The molecule has 0 unspecified atom stereocenters. The van der Waals surface area contributed by atoms with Gasteiger partial charge in [0.15, 0.2) is 0 Å². The molecule has 0 aliphatic carbocycles. The zero-order valence-corrected chi connectivity index (χ0v) is 24.1. The van der Waals surface area contributed by atoms with Crippen LogP contribution in [0.4, 0.5) is 0 Å². The van der Waals surface area contributed by atoms with Gasteiger partial charge in [0, 0.05) is 58.9 Å². The van der Waals surface area contributed by atoms with E-state index in [0.717, 1.165) is 0 Å². The second kappa shape index (κ2) is 23.6. The highest BCUT2D eigenvalue weighted by atomic mass is 16.4. The van der Waals surface area contributed by atoms with Gasteiger partial charge in [-0.3, -0.25) is 4.90 Å². The van der Waals surface area contributed by atoms with E-state index in [9.17, 15) is 61.3 Å². The van der Waals surface area contributed by atoms with Gasteiger partial charge in [-0.2, -0.15) is 0 Å².